The van der Waals surface area contributed by atoms with Gasteiger partial charge in [0.15, 0.2) is 0 Å². The molecule has 6 nitrogen and oxygen atoms in total. The first kappa shape index (κ1) is 18.4. The number of nitrogens with zero attached hydrogens (tertiary/aromatic N) is 2. The Balaban J connectivity index is 1.53. The monoisotopic (exact) mass is 373 g/mol. The second-order valence-corrected chi connectivity index (χ2v) is 8.11. The molecule has 0 spiro atoms. The molecule has 0 radical (unpaired) electrons. The van der Waals surface area contributed by atoms with Crippen molar-refractivity contribution < 1.29 is 13.2 Å². The third kappa shape index (κ3) is 4.42. The molecule has 1 aliphatic heterocycles. The highest BCUT2D eigenvalue weighted by molar-refractivity contribution is 7.89. The van der Waals surface area contributed by atoms with Crippen LogP contribution in [0.15, 0.2) is 59.5 Å². The first-order valence-corrected chi connectivity index (χ1v) is 10.1. The van der Waals surface area contributed by atoms with E-state index in [4.69, 9.17) is 0 Å². The quantitative estimate of drug-likeness (QED) is 0.865. The van der Waals surface area contributed by atoms with Crippen molar-refractivity contribution in [2.24, 2.45) is 0 Å². The fourth-order valence-corrected chi connectivity index (χ4v) is 4.07. The average molecular weight is 373 g/mol. The molecule has 1 aliphatic rings. The number of para-hydroxylation sites is 1. The number of amides is 1. The van der Waals surface area contributed by atoms with Crippen LogP contribution in [0.1, 0.15) is 5.56 Å². The second-order valence-electron chi connectivity index (χ2n) is 6.34. The largest absolute Gasteiger partial charge is 0.368 e. The summed E-state index contributed by atoms with van der Waals surface area (Å²) < 4.78 is 27.0. The molecule has 0 aromatic heterocycles. The number of benzene rings is 2. The van der Waals surface area contributed by atoms with Gasteiger partial charge in [-0.05, 0) is 36.8 Å². The Morgan fingerprint density at radius 1 is 1.00 bits per heavy atom. The van der Waals surface area contributed by atoms with Gasteiger partial charge >= 0.3 is 0 Å². The van der Waals surface area contributed by atoms with Gasteiger partial charge < -0.3 is 9.80 Å². The predicted molar refractivity (Wildman–Crippen MR) is 102 cm³/mol. The van der Waals surface area contributed by atoms with Crippen LogP contribution < -0.4 is 9.62 Å². The number of aryl methyl sites for hydroxylation is 1. The maximum Gasteiger partial charge on any atom is 0.241 e. The van der Waals surface area contributed by atoms with Gasteiger partial charge in [-0.25, -0.2) is 13.1 Å². The van der Waals surface area contributed by atoms with Crippen molar-refractivity contribution >= 4 is 21.6 Å². The zero-order chi connectivity index (χ0) is 18.6. The van der Waals surface area contributed by atoms with E-state index in [-0.39, 0.29) is 17.3 Å². The van der Waals surface area contributed by atoms with E-state index < -0.39 is 10.0 Å². The first-order chi connectivity index (χ1) is 12.5. The van der Waals surface area contributed by atoms with Crippen LogP contribution >= 0.6 is 0 Å². The molecule has 1 heterocycles. The lowest BCUT2D eigenvalue weighted by molar-refractivity contribution is -0.130. The first-order valence-electron chi connectivity index (χ1n) is 8.60. The summed E-state index contributed by atoms with van der Waals surface area (Å²) in [7, 11) is -3.68. The van der Waals surface area contributed by atoms with Crippen LogP contribution in [0.2, 0.25) is 0 Å². The summed E-state index contributed by atoms with van der Waals surface area (Å²) in [5.41, 5.74) is 2.00. The minimum Gasteiger partial charge on any atom is -0.368 e. The highest BCUT2D eigenvalue weighted by atomic mass is 32.2. The molecule has 0 saturated carbocycles. The third-order valence-corrected chi connectivity index (χ3v) is 5.87. The standard InChI is InChI=1S/C19H23N3O3S/c1-16-6-5-9-18(14-16)26(24,25)20-15-19(23)22-12-10-21(11-13-22)17-7-3-2-4-8-17/h2-9,14,20H,10-13,15H2,1H3. The van der Waals surface area contributed by atoms with Gasteiger partial charge in [-0.1, -0.05) is 30.3 Å². The lowest BCUT2D eigenvalue weighted by Gasteiger charge is -2.36. The van der Waals surface area contributed by atoms with E-state index in [0.29, 0.717) is 13.1 Å². The van der Waals surface area contributed by atoms with Crippen LogP contribution in [-0.4, -0.2) is 51.9 Å². The van der Waals surface area contributed by atoms with Crippen molar-refractivity contribution in [2.45, 2.75) is 11.8 Å². The van der Waals surface area contributed by atoms with Gasteiger partial charge in [-0.3, -0.25) is 4.79 Å². The Labute approximate surface area is 154 Å². The summed E-state index contributed by atoms with van der Waals surface area (Å²) in [6, 6.07) is 16.7. The van der Waals surface area contributed by atoms with Crippen LogP contribution in [-0.2, 0) is 14.8 Å². The highest BCUT2D eigenvalue weighted by Crippen LogP contribution is 2.15. The van der Waals surface area contributed by atoms with Gasteiger partial charge in [-0.15, -0.1) is 0 Å². The van der Waals surface area contributed by atoms with E-state index in [1.54, 1.807) is 17.0 Å². The number of rotatable bonds is 5. The van der Waals surface area contributed by atoms with Gasteiger partial charge in [0.1, 0.15) is 0 Å². The lowest BCUT2D eigenvalue weighted by atomic mass is 10.2. The Morgan fingerprint density at radius 2 is 1.69 bits per heavy atom. The van der Waals surface area contributed by atoms with Crippen LogP contribution in [0, 0.1) is 6.92 Å². The zero-order valence-electron chi connectivity index (χ0n) is 14.8. The predicted octanol–water partition coefficient (Wildman–Crippen LogP) is 1.62. The number of piperazine rings is 1. The summed E-state index contributed by atoms with van der Waals surface area (Å²) >= 11 is 0. The molecular weight excluding hydrogens is 350 g/mol. The second kappa shape index (κ2) is 7.88. The summed E-state index contributed by atoms with van der Waals surface area (Å²) in [6.07, 6.45) is 0. The molecule has 2 aromatic carbocycles. The van der Waals surface area contributed by atoms with Crippen molar-refractivity contribution in [3.05, 3.63) is 60.2 Å². The van der Waals surface area contributed by atoms with E-state index in [0.717, 1.165) is 24.3 Å². The molecule has 2 aromatic rings. The number of carbonyl (C=O) groups is 1. The Morgan fingerprint density at radius 3 is 2.35 bits per heavy atom. The maximum absolute atomic E-state index is 12.4. The summed E-state index contributed by atoms with van der Waals surface area (Å²) in [5.74, 6) is -0.200. The van der Waals surface area contributed by atoms with Crippen LogP contribution in [0.3, 0.4) is 0 Å². The van der Waals surface area contributed by atoms with Crippen molar-refractivity contribution in [3.63, 3.8) is 0 Å². The highest BCUT2D eigenvalue weighted by Gasteiger charge is 2.23. The summed E-state index contributed by atoms with van der Waals surface area (Å²) in [6.45, 7) is 4.25. The van der Waals surface area contributed by atoms with Crippen LogP contribution in [0.25, 0.3) is 0 Å². The number of hydrogen-bond donors (Lipinski definition) is 1. The third-order valence-electron chi connectivity index (χ3n) is 4.47. The molecule has 1 amide bonds. The smallest absolute Gasteiger partial charge is 0.241 e. The van der Waals surface area contributed by atoms with Gasteiger partial charge in [0, 0.05) is 31.9 Å². The van der Waals surface area contributed by atoms with Crippen molar-refractivity contribution in [1.82, 2.24) is 9.62 Å². The lowest BCUT2D eigenvalue weighted by Crippen LogP contribution is -2.51. The van der Waals surface area contributed by atoms with E-state index in [1.165, 1.54) is 6.07 Å². The molecule has 1 fully saturated rings. The van der Waals surface area contributed by atoms with Gasteiger partial charge in [-0.2, -0.15) is 0 Å². The number of carbonyl (C=O) groups excluding carboxylic acids is 1. The fraction of sp³-hybridized carbons (Fsp3) is 0.316. The number of anilines is 1. The molecule has 1 saturated heterocycles. The number of hydrogen-bond acceptors (Lipinski definition) is 4. The van der Waals surface area contributed by atoms with Crippen LogP contribution in [0.5, 0.6) is 0 Å². The molecule has 138 valence electrons. The summed E-state index contributed by atoms with van der Waals surface area (Å²) in [4.78, 5) is 16.5. The van der Waals surface area contributed by atoms with E-state index in [1.807, 2.05) is 43.3 Å². The van der Waals surface area contributed by atoms with Gasteiger partial charge in [0.25, 0.3) is 0 Å². The minimum atomic E-state index is -3.68. The fourth-order valence-electron chi connectivity index (χ4n) is 2.99. The van der Waals surface area contributed by atoms with Crippen molar-refractivity contribution in [2.75, 3.05) is 37.6 Å². The van der Waals surface area contributed by atoms with Crippen molar-refractivity contribution in [1.29, 1.82) is 0 Å². The Kier molecular flexibility index (Phi) is 5.58. The number of nitrogens with one attached hydrogen (secondary N) is 1. The molecule has 0 unspecified atom stereocenters. The van der Waals surface area contributed by atoms with E-state index in [9.17, 15) is 13.2 Å². The average Bonchev–Trinajstić information content (AvgIpc) is 2.67. The topological polar surface area (TPSA) is 69.7 Å². The molecule has 0 bridgehead atoms. The van der Waals surface area contributed by atoms with Gasteiger partial charge in [0.05, 0.1) is 11.4 Å². The molecule has 0 atom stereocenters. The molecule has 3 rings (SSSR count). The molecule has 1 N–H and O–H groups in total. The SMILES string of the molecule is Cc1cccc(S(=O)(=O)NCC(=O)N2CCN(c3ccccc3)CC2)c1. The molecule has 26 heavy (non-hydrogen) atoms. The van der Waals surface area contributed by atoms with Crippen LogP contribution in [0.4, 0.5) is 5.69 Å². The van der Waals surface area contributed by atoms with Gasteiger partial charge in [0.2, 0.25) is 15.9 Å². The molecule has 7 heteroatoms. The normalized spacial score (nSPS) is 15.1. The Hall–Kier alpha value is -2.38. The van der Waals surface area contributed by atoms with E-state index in [2.05, 4.69) is 9.62 Å². The van der Waals surface area contributed by atoms with E-state index >= 15 is 0 Å². The molecular formula is C19H23N3O3S. The van der Waals surface area contributed by atoms with Crippen molar-refractivity contribution in [3.8, 4) is 0 Å². The maximum atomic E-state index is 12.4. The summed E-state index contributed by atoms with van der Waals surface area (Å²) in [5, 5.41) is 0. The minimum absolute atomic E-state index is 0.180. The number of sulfonamides is 1. The zero-order valence-corrected chi connectivity index (χ0v) is 15.6. The Bertz CT molecular complexity index is 861. The molecule has 0 aliphatic carbocycles.